The van der Waals surface area contributed by atoms with Crippen molar-refractivity contribution in [3.05, 3.63) is 48.5 Å². The van der Waals surface area contributed by atoms with Crippen molar-refractivity contribution < 1.29 is 9.05 Å². The molecule has 2 aliphatic rings. The van der Waals surface area contributed by atoms with Crippen LogP contribution in [0.15, 0.2) is 48.5 Å². The molecule has 0 radical (unpaired) electrons. The number of anilines is 2. The van der Waals surface area contributed by atoms with Crippen LogP contribution in [0.1, 0.15) is 0 Å². The number of benzene rings is 2. The molecule has 4 nitrogen and oxygen atoms in total. The molecule has 0 saturated carbocycles. The maximum atomic E-state index is 6.75. The third kappa shape index (κ3) is 2.60. The van der Waals surface area contributed by atoms with Crippen LogP contribution in [0.3, 0.4) is 0 Å². The molecule has 0 unspecified atom stereocenters. The molecule has 0 amide bonds. The standard InChI is InChI=1S/C18H26Ge2N2O2P/c1-19(2,3)21-15-11-7-9-13-17(15)23-25(21)22(20(4,5)6)16-12-8-10-14-18(16)24-25/h7-14H,1-6H3/q+1. The summed E-state index contributed by atoms with van der Waals surface area (Å²) in [6.45, 7) is 0. The van der Waals surface area contributed by atoms with E-state index in [-0.39, 0.29) is 0 Å². The topological polar surface area (TPSA) is 24.9 Å². The Hall–Kier alpha value is -0.844. The van der Waals surface area contributed by atoms with Gasteiger partial charge in [0.15, 0.2) is 0 Å². The second-order valence-corrected chi connectivity index (χ2v) is 32.4. The maximum absolute atomic E-state index is 6.75. The summed E-state index contributed by atoms with van der Waals surface area (Å²) >= 11 is -4.65. The second kappa shape index (κ2) is 5.57. The quantitative estimate of drug-likeness (QED) is 0.383. The van der Waals surface area contributed by atoms with E-state index >= 15 is 0 Å². The molecule has 0 aliphatic carbocycles. The van der Waals surface area contributed by atoms with Crippen LogP contribution in [0.5, 0.6) is 11.5 Å². The van der Waals surface area contributed by atoms with Crippen molar-refractivity contribution in [3.63, 3.8) is 0 Å². The van der Waals surface area contributed by atoms with Crippen LogP contribution in [0.25, 0.3) is 0 Å². The molecule has 0 atom stereocenters. The van der Waals surface area contributed by atoms with Crippen LogP contribution in [-0.4, -0.2) is 27.0 Å². The Bertz CT molecular complexity index is 763. The van der Waals surface area contributed by atoms with E-state index in [0.717, 1.165) is 11.5 Å². The number of nitrogens with zero attached hydrogens (tertiary/aromatic N) is 2. The fourth-order valence-electron chi connectivity index (χ4n) is 3.70. The Kier molecular flexibility index (Phi) is 3.92. The summed E-state index contributed by atoms with van der Waals surface area (Å²) in [6.07, 6.45) is 0. The Morgan fingerprint density at radius 2 is 1.00 bits per heavy atom. The van der Waals surface area contributed by atoms with Gasteiger partial charge in [-0.1, -0.05) is 0 Å². The SMILES string of the molecule is [CH3][Ge]([CH3])([CH3])[N]1c2ccccc2O[P+]12Oc1ccccc1[N]2[Ge]([CH3])([CH3])[CH3]. The molecule has 25 heavy (non-hydrogen) atoms. The average molecular weight is 479 g/mol. The summed E-state index contributed by atoms with van der Waals surface area (Å²) in [7, 11) is -2.39. The summed E-state index contributed by atoms with van der Waals surface area (Å²) in [5.41, 5.74) is 2.43. The predicted molar refractivity (Wildman–Crippen MR) is 113 cm³/mol. The molecule has 1 spiro atoms. The Balaban J connectivity index is 1.97. The van der Waals surface area contributed by atoms with E-state index in [1.807, 2.05) is 0 Å². The molecule has 0 fully saturated rings. The minimum atomic E-state index is -2.39. The first kappa shape index (κ1) is 17.6. The van der Waals surface area contributed by atoms with E-state index in [4.69, 9.17) is 9.05 Å². The molecule has 0 N–H and O–H groups in total. The number of para-hydroxylation sites is 4. The molecule has 0 bridgehead atoms. The Morgan fingerprint density at radius 3 is 1.36 bits per heavy atom. The van der Waals surface area contributed by atoms with Gasteiger partial charge in [-0.05, 0) is 0 Å². The van der Waals surface area contributed by atoms with Crippen molar-refractivity contribution in [2.75, 3.05) is 7.26 Å². The molecule has 2 heterocycles. The predicted octanol–water partition coefficient (Wildman–Crippen LogP) is 6.13. The molecular formula is C18H26Ge2N2O2P+. The van der Waals surface area contributed by atoms with Gasteiger partial charge in [0, 0.05) is 0 Å². The van der Waals surface area contributed by atoms with Crippen LogP contribution in [0, 0.1) is 0 Å². The third-order valence-corrected chi connectivity index (χ3v) is 22.5. The molecule has 132 valence electrons. The first-order chi connectivity index (χ1) is 11.6. The van der Waals surface area contributed by atoms with Crippen molar-refractivity contribution in [2.24, 2.45) is 0 Å². The van der Waals surface area contributed by atoms with Gasteiger partial charge in [0.2, 0.25) is 0 Å². The van der Waals surface area contributed by atoms with Gasteiger partial charge in [0.1, 0.15) is 0 Å². The van der Waals surface area contributed by atoms with Crippen molar-refractivity contribution in [1.82, 2.24) is 0 Å². The normalized spacial score (nSPS) is 18.0. The van der Waals surface area contributed by atoms with E-state index in [0.29, 0.717) is 0 Å². The van der Waals surface area contributed by atoms with Crippen LogP contribution in [0.4, 0.5) is 11.4 Å². The van der Waals surface area contributed by atoms with Gasteiger partial charge in [0.05, 0.1) is 0 Å². The molecule has 0 saturated heterocycles. The van der Waals surface area contributed by atoms with E-state index in [9.17, 15) is 0 Å². The van der Waals surface area contributed by atoms with Crippen LogP contribution in [0.2, 0.25) is 34.5 Å². The third-order valence-electron chi connectivity index (χ3n) is 4.40. The summed E-state index contributed by atoms with van der Waals surface area (Å²) in [4.78, 5) is 0. The molecule has 2 aromatic carbocycles. The summed E-state index contributed by atoms with van der Waals surface area (Å²) in [6, 6.07) is 16.9. The summed E-state index contributed by atoms with van der Waals surface area (Å²) in [5.74, 6) is 16.5. The number of rotatable bonds is 2. The number of hydrogen-bond acceptors (Lipinski definition) is 4. The summed E-state index contributed by atoms with van der Waals surface area (Å²) in [5, 5.41) is 0. The zero-order chi connectivity index (χ0) is 18.0. The van der Waals surface area contributed by atoms with Gasteiger partial charge in [-0.15, -0.1) is 0 Å². The first-order valence-electron chi connectivity index (χ1n) is 8.72. The fraction of sp³-hybridized carbons (Fsp3) is 0.333. The molecule has 0 aromatic heterocycles. The zero-order valence-corrected chi connectivity index (χ0v) is 20.9. The van der Waals surface area contributed by atoms with Gasteiger partial charge in [-0.25, -0.2) is 0 Å². The van der Waals surface area contributed by atoms with Gasteiger partial charge in [-0.2, -0.15) is 0 Å². The van der Waals surface area contributed by atoms with Gasteiger partial charge < -0.3 is 0 Å². The van der Waals surface area contributed by atoms with Crippen molar-refractivity contribution in [1.29, 1.82) is 0 Å². The fourth-order valence-corrected chi connectivity index (χ4v) is 24.1. The molecule has 4 rings (SSSR count). The Morgan fingerprint density at radius 1 is 0.640 bits per heavy atom. The second-order valence-electron chi connectivity index (χ2n) is 8.57. The average Bonchev–Trinajstić information content (AvgIpc) is 2.99. The molecule has 7 heteroatoms. The van der Waals surface area contributed by atoms with Crippen LogP contribution in [-0.2, 0) is 0 Å². The van der Waals surface area contributed by atoms with Crippen molar-refractivity contribution in [2.45, 2.75) is 34.5 Å². The van der Waals surface area contributed by atoms with E-state index in [1.54, 1.807) is 0 Å². The minimum absolute atomic E-state index is 0.973. The number of fused-ring (bicyclic) bond motifs is 2. The van der Waals surface area contributed by atoms with Crippen molar-refractivity contribution in [3.8, 4) is 11.5 Å². The van der Waals surface area contributed by atoms with Crippen molar-refractivity contribution >= 4 is 46.4 Å². The zero-order valence-electron chi connectivity index (χ0n) is 15.8. The first-order valence-corrected chi connectivity index (χ1v) is 24.7. The summed E-state index contributed by atoms with van der Waals surface area (Å²) < 4.78 is 18.7. The van der Waals surface area contributed by atoms with Gasteiger partial charge in [0.25, 0.3) is 0 Å². The molecule has 2 aromatic rings. The van der Waals surface area contributed by atoms with E-state index < -0.39 is 35.0 Å². The van der Waals surface area contributed by atoms with Crippen LogP contribution < -0.4 is 16.3 Å². The van der Waals surface area contributed by atoms with Gasteiger partial charge >= 0.3 is 157 Å². The monoisotopic (exact) mass is 481 g/mol. The van der Waals surface area contributed by atoms with E-state index in [2.05, 4.69) is 90.3 Å². The van der Waals surface area contributed by atoms with E-state index in [1.165, 1.54) is 11.4 Å². The Labute approximate surface area is 156 Å². The van der Waals surface area contributed by atoms with Crippen LogP contribution >= 0.6 is 8.02 Å². The van der Waals surface area contributed by atoms with Gasteiger partial charge in [-0.3, -0.25) is 0 Å². The number of hydrogen-bond donors (Lipinski definition) is 0. The molecular weight excluding hydrogens is 452 g/mol. The molecule has 2 aliphatic heterocycles.